The number of nitrogens with one attached hydrogen (secondary N) is 2. The van der Waals surface area contributed by atoms with E-state index in [9.17, 15) is 13.2 Å². The SMILES string of the molecule is CC(C)(CNCCCC(F)(F)F)C1CCCNC1. The molecule has 2 nitrogen and oxygen atoms in total. The number of rotatable bonds is 6. The van der Waals surface area contributed by atoms with Crippen LogP contribution in [0.1, 0.15) is 39.5 Å². The second-order valence-corrected chi connectivity index (χ2v) is 5.93. The molecule has 0 aromatic carbocycles. The molecule has 0 saturated carbocycles. The fourth-order valence-corrected chi connectivity index (χ4v) is 2.49. The van der Waals surface area contributed by atoms with Crippen LogP contribution in [0.25, 0.3) is 0 Å². The lowest BCUT2D eigenvalue weighted by Gasteiger charge is -2.37. The van der Waals surface area contributed by atoms with Crippen LogP contribution in [0, 0.1) is 11.3 Å². The fourth-order valence-electron chi connectivity index (χ4n) is 2.49. The van der Waals surface area contributed by atoms with Crippen molar-refractivity contribution in [3.05, 3.63) is 0 Å². The molecule has 1 heterocycles. The van der Waals surface area contributed by atoms with Crippen LogP contribution >= 0.6 is 0 Å². The van der Waals surface area contributed by atoms with Crippen LogP contribution in [0.2, 0.25) is 0 Å². The molecule has 1 aliphatic heterocycles. The molecule has 5 heteroatoms. The molecular formula is C13H25F3N2. The highest BCUT2D eigenvalue weighted by Gasteiger charge is 2.30. The monoisotopic (exact) mass is 266 g/mol. The average Bonchev–Trinajstić information content (AvgIpc) is 2.28. The van der Waals surface area contributed by atoms with Gasteiger partial charge in [-0.2, -0.15) is 13.2 Å². The molecule has 0 bridgehead atoms. The molecule has 1 atom stereocenters. The van der Waals surface area contributed by atoms with Crippen LogP contribution in [-0.4, -0.2) is 32.4 Å². The number of hydrogen-bond donors (Lipinski definition) is 2. The van der Waals surface area contributed by atoms with Crippen molar-refractivity contribution in [3.63, 3.8) is 0 Å². The van der Waals surface area contributed by atoms with Gasteiger partial charge in [-0.3, -0.25) is 0 Å². The summed E-state index contributed by atoms with van der Waals surface area (Å²) in [5.41, 5.74) is 0.144. The first-order valence-corrected chi connectivity index (χ1v) is 6.79. The Hall–Kier alpha value is -0.290. The van der Waals surface area contributed by atoms with Crippen molar-refractivity contribution in [1.82, 2.24) is 10.6 Å². The van der Waals surface area contributed by atoms with E-state index in [1.54, 1.807) is 0 Å². The third-order valence-electron chi connectivity index (χ3n) is 3.80. The van der Waals surface area contributed by atoms with Gasteiger partial charge in [-0.1, -0.05) is 13.8 Å². The van der Waals surface area contributed by atoms with Crippen molar-refractivity contribution in [2.24, 2.45) is 11.3 Å². The van der Waals surface area contributed by atoms with Crippen LogP contribution < -0.4 is 10.6 Å². The van der Waals surface area contributed by atoms with Gasteiger partial charge < -0.3 is 10.6 Å². The lowest BCUT2D eigenvalue weighted by Crippen LogP contribution is -2.43. The molecule has 108 valence electrons. The van der Waals surface area contributed by atoms with Crippen LogP contribution in [0.15, 0.2) is 0 Å². The van der Waals surface area contributed by atoms with Crippen LogP contribution in [0.5, 0.6) is 0 Å². The molecule has 0 aliphatic carbocycles. The lowest BCUT2D eigenvalue weighted by atomic mass is 9.75. The van der Waals surface area contributed by atoms with Crippen LogP contribution in [0.3, 0.4) is 0 Å². The molecule has 0 amide bonds. The molecule has 18 heavy (non-hydrogen) atoms. The molecule has 1 unspecified atom stereocenters. The third kappa shape index (κ3) is 6.05. The predicted molar refractivity (Wildman–Crippen MR) is 67.5 cm³/mol. The first-order chi connectivity index (χ1) is 8.31. The van der Waals surface area contributed by atoms with E-state index >= 15 is 0 Å². The first kappa shape index (κ1) is 15.8. The van der Waals surface area contributed by atoms with Crippen molar-refractivity contribution >= 4 is 0 Å². The highest BCUT2D eigenvalue weighted by molar-refractivity contribution is 4.84. The van der Waals surface area contributed by atoms with Gasteiger partial charge in [0.05, 0.1) is 0 Å². The summed E-state index contributed by atoms with van der Waals surface area (Å²) in [6.07, 6.45) is -2.13. The molecule has 0 aromatic heterocycles. The highest BCUT2D eigenvalue weighted by atomic mass is 19.4. The highest BCUT2D eigenvalue weighted by Crippen LogP contribution is 2.31. The summed E-state index contributed by atoms with van der Waals surface area (Å²) in [5.74, 6) is 0.612. The Kier molecular flexibility index (Phi) is 5.92. The minimum absolute atomic E-state index is 0.144. The van der Waals surface area contributed by atoms with Gasteiger partial charge >= 0.3 is 6.18 Å². The van der Waals surface area contributed by atoms with E-state index in [4.69, 9.17) is 0 Å². The van der Waals surface area contributed by atoms with E-state index < -0.39 is 12.6 Å². The smallest absolute Gasteiger partial charge is 0.316 e. The maximum Gasteiger partial charge on any atom is 0.389 e. The summed E-state index contributed by atoms with van der Waals surface area (Å²) in [6, 6.07) is 0. The molecule has 0 spiro atoms. The molecule has 0 aromatic rings. The number of piperidine rings is 1. The first-order valence-electron chi connectivity index (χ1n) is 6.79. The van der Waals surface area contributed by atoms with Crippen molar-refractivity contribution in [3.8, 4) is 0 Å². The van der Waals surface area contributed by atoms with Gasteiger partial charge in [-0.15, -0.1) is 0 Å². The Labute approximate surface area is 108 Å². The van der Waals surface area contributed by atoms with Gasteiger partial charge in [0.2, 0.25) is 0 Å². The van der Waals surface area contributed by atoms with Gasteiger partial charge in [0.15, 0.2) is 0 Å². The van der Waals surface area contributed by atoms with E-state index in [1.165, 1.54) is 12.8 Å². The van der Waals surface area contributed by atoms with Crippen LogP contribution in [0.4, 0.5) is 13.2 Å². The minimum Gasteiger partial charge on any atom is -0.316 e. The van der Waals surface area contributed by atoms with Gasteiger partial charge in [-0.25, -0.2) is 0 Å². The molecule has 2 N–H and O–H groups in total. The fraction of sp³-hybridized carbons (Fsp3) is 1.00. The summed E-state index contributed by atoms with van der Waals surface area (Å²) in [4.78, 5) is 0. The second-order valence-electron chi connectivity index (χ2n) is 5.93. The Balaban J connectivity index is 2.16. The van der Waals surface area contributed by atoms with Crippen molar-refractivity contribution < 1.29 is 13.2 Å². The summed E-state index contributed by atoms with van der Waals surface area (Å²) in [7, 11) is 0. The number of halogens is 3. The van der Waals surface area contributed by atoms with E-state index in [0.29, 0.717) is 12.5 Å². The second kappa shape index (κ2) is 6.75. The number of hydrogen-bond acceptors (Lipinski definition) is 2. The zero-order valence-corrected chi connectivity index (χ0v) is 11.4. The summed E-state index contributed by atoms with van der Waals surface area (Å²) < 4.78 is 35.9. The molecule has 1 rings (SSSR count). The van der Waals surface area contributed by atoms with E-state index in [1.807, 2.05) is 0 Å². The van der Waals surface area contributed by atoms with E-state index in [2.05, 4.69) is 24.5 Å². The molecule has 1 fully saturated rings. The predicted octanol–water partition coefficient (Wildman–Crippen LogP) is 2.94. The molecule has 1 saturated heterocycles. The van der Waals surface area contributed by atoms with Crippen molar-refractivity contribution in [2.45, 2.75) is 45.7 Å². The average molecular weight is 266 g/mol. The van der Waals surface area contributed by atoms with Crippen molar-refractivity contribution in [1.29, 1.82) is 0 Å². The normalized spacial score (nSPS) is 22.2. The number of alkyl halides is 3. The topological polar surface area (TPSA) is 24.1 Å². The lowest BCUT2D eigenvalue weighted by molar-refractivity contribution is -0.135. The van der Waals surface area contributed by atoms with Crippen molar-refractivity contribution in [2.75, 3.05) is 26.2 Å². The zero-order valence-electron chi connectivity index (χ0n) is 11.4. The third-order valence-corrected chi connectivity index (χ3v) is 3.80. The van der Waals surface area contributed by atoms with E-state index in [0.717, 1.165) is 19.6 Å². The van der Waals surface area contributed by atoms with Crippen LogP contribution in [-0.2, 0) is 0 Å². The maximum atomic E-state index is 12.0. The van der Waals surface area contributed by atoms with E-state index in [-0.39, 0.29) is 11.8 Å². The summed E-state index contributed by atoms with van der Waals surface area (Å²) in [6.45, 7) is 7.74. The molecule has 0 radical (unpaired) electrons. The molecule has 1 aliphatic rings. The Morgan fingerprint density at radius 1 is 1.28 bits per heavy atom. The Morgan fingerprint density at radius 3 is 2.56 bits per heavy atom. The Morgan fingerprint density at radius 2 is 2.00 bits per heavy atom. The quantitative estimate of drug-likeness (QED) is 0.722. The summed E-state index contributed by atoms with van der Waals surface area (Å²) >= 11 is 0. The van der Waals surface area contributed by atoms with Gasteiger partial charge in [0.25, 0.3) is 0 Å². The minimum atomic E-state index is -4.02. The largest absolute Gasteiger partial charge is 0.389 e. The maximum absolute atomic E-state index is 12.0. The molecular weight excluding hydrogens is 241 g/mol. The zero-order chi connectivity index (χ0) is 13.6. The summed E-state index contributed by atoms with van der Waals surface area (Å²) in [5, 5.41) is 6.55. The van der Waals surface area contributed by atoms with Gasteiger partial charge in [-0.05, 0) is 50.2 Å². The van der Waals surface area contributed by atoms with Gasteiger partial charge in [0, 0.05) is 13.0 Å². The standard InChI is InChI=1S/C13H25F3N2/c1-12(2,11-5-3-7-17-9-11)10-18-8-4-6-13(14,15)16/h11,17-18H,3-10H2,1-2H3. The Bertz CT molecular complexity index is 233. The van der Waals surface area contributed by atoms with Gasteiger partial charge in [0.1, 0.15) is 0 Å².